The molecule has 0 spiro atoms. The molecule has 1 aliphatic heterocycles. The Morgan fingerprint density at radius 1 is 1.14 bits per heavy atom. The monoisotopic (exact) mass is 481 g/mol. The Kier molecular flexibility index (Phi) is 6.14. The molecule has 2 aromatic heterocycles. The predicted octanol–water partition coefficient (Wildman–Crippen LogP) is 2.47. The summed E-state index contributed by atoms with van der Waals surface area (Å²) in [6.07, 6.45) is 4.89. The zero-order valence-corrected chi connectivity index (χ0v) is 19.7. The fraction of sp³-hybridized carbons (Fsp3) is 0.458. The van der Waals surface area contributed by atoms with Crippen LogP contribution < -0.4 is 15.0 Å². The van der Waals surface area contributed by atoms with Gasteiger partial charge in [0.2, 0.25) is 17.7 Å². The highest BCUT2D eigenvalue weighted by atomic mass is 16.5. The Morgan fingerprint density at radius 2 is 1.89 bits per heavy atom. The number of hydrogen-bond acceptors (Lipinski definition) is 9. The van der Waals surface area contributed by atoms with Crippen molar-refractivity contribution in [1.29, 1.82) is 0 Å². The number of aromatic hydroxyl groups is 1. The third kappa shape index (κ3) is 4.45. The molecule has 35 heavy (non-hydrogen) atoms. The molecule has 1 aromatic carbocycles. The average molecular weight is 482 g/mol. The first-order chi connectivity index (χ1) is 17.0. The summed E-state index contributed by atoms with van der Waals surface area (Å²) in [5.74, 6) is 1.46. The molecule has 0 bridgehead atoms. The van der Waals surface area contributed by atoms with Crippen LogP contribution in [0.2, 0.25) is 0 Å². The van der Waals surface area contributed by atoms with Crippen molar-refractivity contribution < 1.29 is 23.8 Å². The molecule has 1 saturated heterocycles. The largest absolute Gasteiger partial charge is 0.494 e. The molecule has 1 N–H and O–H groups in total. The lowest BCUT2D eigenvalue weighted by Gasteiger charge is -2.20. The molecule has 3 heterocycles. The van der Waals surface area contributed by atoms with E-state index in [-0.39, 0.29) is 29.8 Å². The molecule has 0 unspecified atom stereocenters. The summed E-state index contributed by atoms with van der Waals surface area (Å²) >= 11 is 0. The van der Waals surface area contributed by atoms with E-state index in [0.29, 0.717) is 48.3 Å². The molecule has 1 saturated carbocycles. The number of hydrogen-bond donors (Lipinski definition) is 1. The molecule has 3 aromatic rings. The zero-order chi connectivity index (χ0) is 24.5. The minimum absolute atomic E-state index is 0.0138. The van der Waals surface area contributed by atoms with Crippen molar-refractivity contribution in [3.63, 3.8) is 0 Å². The van der Waals surface area contributed by atoms with Gasteiger partial charge >= 0.3 is 0 Å². The minimum Gasteiger partial charge on any atom is -0.494 e. The predicted molar refractivity (Wildman–Crippen MR) is 124 cm³/mol. The van der Waals surface area contributed by atoms with Crippen molar-refractivity contribution in [3.05, 3.63) is 40.3 Å². The van der Waals surface area contributed by atoms with Gasteiger partial charge in [-0.25, -0.2) is 0 Å². The van der Waals surface area contributed by atoms with E-state index in [0.717, 1.165) is 25.7 Å². The van der Waals surface area contributed by atoms with Gasteiger partial charge in [-0.05, 0) is 30.9 Å². The van der Waals surface area contributed by atoms with Crippen LogP contribution >= 0.6 is 0 Å². The Hall–Kier alpha value is -3.89. The third-order valence-corrected chi connectivity index (χ3v) is 6.41. The lowest BCUT2D eigenvalue weighted by Crippen LogP contribution is -2.23. The summed E-state index contributed by atoms with van der Waals surface area (Å²) in [5, 5.41) is 19.4. The van der Waals surface area contributed by atoms with Gasteiger partial charge < -0.3 is 23.9 Å². The van der Waals surface area contributed by atoms with Gasteiger partial charge in [0.1, 0.15) is 23.0 Å². The number of ether oxygens (including phenoxy) is 2. The van der Waals surface area contributed by atoms with E-state index in [1.54, 1.807) is 23.1 Å². The number of nitrogens with zero attached hydrogens (tertiary/aromatic N) is 5. The lowest BCUT2D eigenvalue weighted by atomic mass is 10.1. The maximum atomic E-state index is 13.1. The number of rotatable bonds is 9. The molecule has 1 amide bonds. The Bertz CT molecular complexity index is 1290. The van der Waals surface area contributed by atoms with Crippen molar-refractivity contribution in [3.8, 4) is 34.5 Å². The Labute approximate surface area is 201 Å². The maximum absolute atomic E-state index is 13.1. The highest BCUT2D eigenvalue weighted by molar-refractivity contribution is 5.77. The fourth-order valence-electron chi connectivity index (χ4n) is 4.39. The number of aryl methyl sites for hydroxylation is 1. The summed E-state index contributed by atoms with van der Waals surface area (Å²) in [7, 11) is 3.03. The smallest absolute Gasteiger partial charge is 0.289 e. The maximum Gasteiger partial charge on any atom is 0.289 e. The molecule has 11 nitrogen and oxygen atoms in total. The van der Waals surface area contributed by atoms with E-state index in [1.807, 2.05) is 0 Å². The van der Waals surface area contributed by atoms with Crippen LogP contribution in [-0.2, 0) is 17.8 Å². The molecule has 5 rings (SSSR count). The average Bonchev–Trinajstić information content (AvgIpc) is 3.44. The summed E-state index contributed by atoms with van der Waals surface area (Å²) < 4.78 is 18.3. The number of carbonyl (C=O) groups excluding carboxylic acids is 1. The van der Waals surface area contributed by atoms with E-state index >= 15 is 0 Å². The van der Waals surface area contributed by atoms with Crippen molar-refractivity contribution in [1.82, 2.24) is 24.6 Å². The number of carbonyl (C=O) groups is 1. The van der Waals surface area contributed by atoms with Gasteiger partial charge in [0.05, 0.1) is 20.8 Å². The molecule has 2 fully saturated rings. The van der Waals surface area contributed by atoms with Crippen molar-refractivity contribution in [2.45, 2.75) is 45.1 Å². The highest BCUT2D eigenvalue weighted by Gasteiger charge is 2.29. The van der Waals surface area contributed by atoms with Gasteiger partial charge in [-0.3, -0.25) is 14.2 Å². The van der Waals surface area contributed by atoms with Crippen LogP contribution in [0.5, 0.6) is 17.4 Å². The van der Waals surface area contributed by atoms with Gasteiger partial charge in [-0.15, -0.1) is 10.2 Å². The van der Waals surface area contributed by atoms with Gasteiger partial charge in [0.25, 0.3) is 11.4 Å². The van der Waals surface area contributed by atoms with Crippen molar-refractivity contribution in [2.75, 3.05) is 20.8 Å². The molecule has 0 radical (unpaired) electrons. The molecule has 184 valence electrons. The molecule has 11 heteroatoms. The number of methoxy groups -OCH3 is 2. The van der Waals surface area contributed by atoms with Gasteiger partial charge in [0, 0.05) is 19.4 Å². The number of likely N-dealkylation sites (tertiary alicyclic amines) is 1. The summed E-state index contributed by atoms with van der Waals surface area (Å²) in [6, 6.07) is 5.23. The van der Waals surface area contributed by atoms with Crippen LogP contribution in [0.15, 0.2) is 27.4 Å². The lowest BCUT2D eigenvalue weighted by molar-refractivity contribution is -0.128. The van der Waals surface area contributed by atoms with Crippen LogP contribution in [0, 0.1) is 5.92 Å². The summed E-state index contributed by atoms with van der Waals surface area (Å²) in [4.78, 5) is 31.0. The Morgan fingerprint density at radius 3 is 2.51 bits per heavy atom. The standard InChI is InChI=1S/C24H27N5O6/c1-33-15-5-3-6-16(34-2)21(15)29-17(11-10-14-8-9-14)25-22(31)20(24(29)32)23-27-26-18(35-23)13-28-12-4-7-19(28)30/h3,5-6,14,32H,4,7-13H2,1-2H3. The van der Waals surface area contributed by atoms with Crippen molar-refractivity contribution >= 4 is 5.91 Å². The second kappa shape index (κ2) is 9.40. The van der Waals surface area contributed by atoms with Gasteiger partial charge in [-0.1, -0.05) is 18.9 Å². The van der Waals surface area contributed by atoms with Gasteiger partial charge in [-0.2, -0.15) is 4.98 Å². The van der Waals surface area contributed by atoms with E-state index in [9.17, 15) is 14.7 Å². The van der Waals surface area contributed by atoms with Crippen LogP contribution in [0.1, 0.15) is 43.8 Å². The second-order valence-corrected chi connectivity index (χ2v) is 8.78. The number of para-hydroxylation sites is 1. The quantitative estimate of drug-likeness (QED) is 0.489. The molecular weight excluding hydrogens is 454 g/mol. The highest BCUT2D eigenvalue weighted by Crippen LogP contribution is 2.39. The summed E-state index contributed by atoms with van der Waals surface area (Å²) in [5.41, 5.74) is -0.484. The van der Waals surface area contributed by atoms with Crippen LogP contribution in [0.4, 0.5) is 0 Å². The van der Waals surface area contributed by atoms with E-state index in [4.69, 9.17) is 13.9 Å². The SMILES string of the molecule is COc1cccc(OC)c1-n1c(CCC2CC2)nc(=O)c(-c2nnc(CN3CCCC3=O)o2)c1O. The molecular formula is C24H27N5O6. The van der Waals surface area contributed by atoms with Crippen molar-refractivity contribution in [2.24, 2.45) is 5.92 Å². The molecule has 2 aliphatic rings. The first kappa shape index (κ1) is 22.9. The first-order valence-corrected chi connectivity index (χ1v) is 11.7. The number of amides is 1. The summed E-state index contributed by atoms with van der Waals surface area (Å²) in [6.45, 7) is 0.757. The Balaban J connectivity index is 1.61. The van der Waals surface area contributed by atoms with E-state index in [1.165, 1.54) is 18.8 Å². The zero-order valence-electron chi connectivity index (χ0n) is 19.7. The van der Waals surface area contributed by atoms with Gasteiger partial charge in [0.15, 0.2) is 5.56 Å². The topological polar surface area (TPSA) is 133 Å². The van der Waals surface area contributed by atoms with E-state index in [2.05, 4.69) is 15.2 Å². The number of aromatic nitrogens is 4. The third-order valence-electron chi connectivity index (χ3n) is 6.41. The normalized spacial score (nSPS) is 15.6. The number of benzene rings is 1. The fourth-order valence-corrected chi connectivity index (χ4v) is 4.39. The second-order valence-electron chi connectivity index (χ2n) is 8.78. The molecule has 0 atom stereocenters. The van der Waals surface area contributed by atoms with E-state index < -0.39 is 11.4 Å². The minimum atomic E-state index is -0.675. The van der Waals surface area contributed by atoms with Crippen LogP contribution in [-0.4, -0.2) is 56.4 Å². The first-order valence-electron chi connectivity index (χ1n) is 11.7. The molecule has 1 aliphatic carbocycles. The van der Waals surface area contributed by atoms with Crippen LogP contribution in [0.3, 0.4) is 0 Å². The van der Waals surface area contributed by atoms with Crippen LogP contribution in [0.25, 0.3) is 17.1 Å².